The van der Waals surface area contributed by atoms with Crippen molar-refractivity contribution >= 4 is 28.3 Å². The summed E-state index contributed by atoms with van der Waals surface area (Å²) in [6.07, 6.45) is 1.52. The lowest BCUT2D eigenvalue weighted by molar-refractivity contribution is 0.137. The molecular weight excluding hydrogens is 344 g/mol. The van der Waals surface area contributed by atoms with Gasteiger partial charge in [-0.25, -0.2) is 4.79 Å². The first-order valence-corrected chi connectivity index (χ1v) is 9.26. The number of ether oxygens (including phenoxy) is 1. The second-order valence-electron chi connectivity index (χ2n) is 5.94. The molecule has 0 bridgehead atoms. The third-order valence-corrected chi connectivity index (χ3v) is 5.17. The first-order chi connectivity index (χ1) is 12.8. The Morgan fingerprint density at radius 3 is 2.65 bits per heavy atom. The normalized spacial score (nSPS) is 12.0. The van der Waals surface area contributed by atoms with E-state index in [0.29, 0.717) is 0 Å². The summed E-state index contributed by atoms with van der Waals surface area (Å²) in [6.45, 7) is 0.248. The van der Waals surface area contributed by atoms with Gasteiger partial charge in [-0.3, -0.25) is 0 Å². The monoisotopic (exact) mass is 362 g/mol. The fourth-order valence-electron chi connectivity index (χ4n) is 2.97. The van der Waals surface area contributed by atoms with E-state index in [-0.39, 0.29) is 12.6 Å². The van der Waals surface area contributed by atoms with Gasteiger partial charge < -0.3 is 15.0 Å². The molecule has 0 aliphatic rings. The molecule has 2 aromatic heterocycles. The number of fused-ring (bicyclic) bond motifs is 1. The number of carbonyl (C=O) groups excluding carboxylic acids is 1. The predicted molar refractivity (Wildman–Crippen MR) is 104 cm³/mol. The average molecular weight is 362 g/mol. The quantitative estimate of drug-likeness (QED) is 0.510. The highest BCUT2D eigenvalue weighted by atomic mass is 32.1. The van der Waals surface area contributed by atoms with Crippen LogP contribution in [0.4, 0.5) is 4.79 Å². The molecule has 1 unspecified atom stereocenters. The first kappa shape index (κ1) is 16.4. The molecule has 0 spiro atoms. The van der Waals surface area contributed by atoms with Crippen molar-refractivity contribution in [3.63, 3.8) is 0 Å². The van der Waals surface area contributed by atoms with Crippen molar-refractivity contribution < 1.29 is 9.53 Å². The average Bonchev–Trinajstić information content (AvgIpc) is 3.35. The topological polar surface area (TPSA) is 54.1 Å². The summed E-state index contributed by atoms with van der Waals surface area (Å²) in [7, 11) is 0. The standard InChI is InChI=1S/C21H18N2O2S/c24-21(25-14-15-7-2-1-3-8-15)23-20(19-11-6-12-26-19)17-13-22-18-10-5-4-9-16(17)18/h1-13,20,22H,14H2,(H,23,24). The van der Waals surface area contributed by atoms with Gasteiger partial charge in [-0.15, -0.1) is 11.3 Å². The smallest absolute Gasteiger partial charge is 0.408 e. The van der Waals surface area contributed by atoms with Gasteiger partial charge in [0.05, 0.1) is 6.04 Å². The van der Waals surface area contributed by atoms with E-state index in [0.717, 1.165) is 26.9 Å². The number of hydrogen-bond acceptors (Lipinski definition) is 3. The number of benzene rings is 2. The van der Waals surface area contributed by atoms with Crippen molar-refractivity contribution in [2.45, 2.75) is 12.6 Å². The highest BCUT2D eigenvalue weighted by Crippen LogP contribution is 2.31. The van der Waals surface area contributed by atoms with Crippen LogP contribution in [0.15, 0.2) is 78.3 Å². The van der Waals surface area contributed by atoms with E-state index in [1.807, 2.05) is 72.2 Å². The van der Waals surface area contributed by atoms with Gasteiger partial charge in [0.2, 0.25) is 0 Å². The van der Waals surface area contributed by atoms with Crippen LogP contribution < -0.4 is 5.32 Å². The van der Waals surface area contributed by atoms with E-state index in [1.54, 1.807) is 11.3 Å². The van der Waals surface area contributed by atoms with Crippen LogP contribution in [0.2, 0.25) is 0 Å². The molecular formula is C21H18N2O2S. The zero-order valence-electron chi connectivity index (χ0n) is 14.0. The zero-order chi connectivity index (χ0) is 17.8. The Hall–Kier alpha value is -3.05. The Bertz CT molecular complexity index is 993. The van der Waals surface area contributed by atoms with Gasteiger partial charge in [0.1, 0.15) is 6.61 Å². The van der Waals surface area contributed by atoms with Crippen LogP contribution in [0.25, 0.3) is 10.9 Å². The first-order valence-electron chi connectivity index (χ1n) is 8.38. The number of carbonyl (C=O) groups is 1. The molecule has 26 heavy (non-hydrogen) atoms. The summed E-state index contributed by atoms with van der Waals surface area (Å²) in [4.78, 5) is 16.8. The Kier molecular flexibility index (Phi) is 4.71. The van der Waals surface area contributed by atoms with Crippen molar-refractivity contribution in [3.05, 3.63) is 94.3 Å². The Balaban J connectivity index is 1.56. The summed E-state index contributed by atoms with van der Waals surface area (Å²) in [5.41, 5.74) is 3.03. The van der Waals surface area contributed by atoms with Crippen molar-refractivity contribution in [1.82, 2.24) is 10.3 Å². The summed E-state index contributed by atoms with van der Waals surface area (Å²) >= 11 is 1.61. The molecule has 4 aromatic rings. The molecule has 2 N–H and O–H groups in total. The minimum atomic E-state index is -0.433. The number of H-pyrrole nitrogens is 1. The van der Waals surface area contributed by atoms with E-state index in [1.165, 1.54) is 0 Å². The number of aromatic amines is 1. The van der Waals surface area contributed by atoms with Crippen LogP contribution in [0, 0.1) is 0 Å². The molecule has 130 valence electrons. The van der Waals surface area contributed by atoms with E-state index in [9.17, 15) is 4.79 Å². The van der Waals surface area contributed by atoms with Crippen LogP contribution in [-0.2, 0) is 11.3 Å². The molecule has 2 aromatic carbocycles. The largest absolute Gasteiger partial charge is 0.445 e. The summed E-state index contributed by atoms with van der Waals surface area (Å²) in [5.74, 6) is 0. The van der Waals surface area contributed by atoms with Gasteiger partial charge in [-0.1, -0.05) is 54.6 Å². The van der Waals surface area contributed by atoms with Gasteiger partial charge in [0, 0.05) is 27.5 Å². The number of thiophene rings is 1. The van der Waals surface area contributed by atoms with Gasteiger partial charge in [-0.2, -0.15) is 0 Å². The van der Waals surface area contributed by atoms with Crippen LogP contribution in [-0.4, -0.2) is 11.1 Å². The molecule has 4 nitrogen and oxygen atoms in total. The summed E-state index contributed by atoms with van der Waals surface area (Å²) in [5, 5.41) is 6.11. The number of amides is 1. The van der Waals surface area contributed by atoms with Crippen molar-refractivity contribution in [2.75, 3.05) is 0 Å². The van der Waals surface area contributed by atoms with Crippen LogP contribution >= 0.6 is 11.3 Å². The summed E-state index contributed by atoms with van der Waals surface area (Å²) in [6, 6.07) is 21.5. The molecule has 0 fully saturated rings. The van der Waals surface area contributed by atoms with E-state index < -0.39 is 6.09 Å². The van der Waals surface area contributed by atoms with Crippen LogP contribution in [0.5, 0.6) is 0 Å². The lowest BCUT2D eigenvalue weighted by Gasteiger charge is -2.17. The number of nitrogens with one attached hydrogen (secondary N) is 2. The summed E-state index contributed by atoms with van der Waals surface area (Å²) < 4.78 is 5.41. The van der Waals surface area contributed by atoms with E-state index in [2.05, 4.69) is 16.4 Å². The Labute approximate surface area is 155 Å². The fourth-order valence-corrected chi connectivity index (χ4v) is 3.77. The lowest BCUT2D eigenvalue weighted by Crippen LogP contribution is -2.29. The molecule has 0 saturated heterocycles. The van der Waals surface area contributed by atoms with Crippen molar-refractivity contribution in [3.8, 4) is 0 Å². The van der Waals surface area contributed by atoms with Crippen molar-refractivity contribution in [2.24, 2.45) is 0 Å². The van der Waals surface area contributed by atoms with Crippen molar-refractivity contribution in [1.29, 1.82) is 0 Å². The van der Waals surface area contributed by atoms with Gasteiger partial charge in [0.25, 0.3) is 0 Å². The highest BCUT2D eigenvalue weighted by molar-refractivity contribution is 7.10. The maximum atomic E-state index is 12.4. The number of aromatic nitrogens is 1. The van der Waals surface area contributed by atoms with Crippen LogP contribution in [0.3, 0.4) is 0 Å². The molecule has 4 rings (SSSR count). The van der Waals surface area contributed by atoms with Gasteiger partial charge >= 0.3 is 6.09 Å². The van der Waals surface area contributed by atoms with Gasteiger partial charge in [0.15, 0.2) is 0 Å². The second kappa shape index (κ2) is 7.45. The third-order valence-electron chi connectivity index (χ3n) is 4.23. The van der Waals surface area contributed by atoms with Crippen LogP contribution in [0.1, 0.15) is 22.0 Å². The third kappa shape index (κ3) is 3.48. The maximum absolute atomic E-state index is 12.4. The Morgan fingerprint density at radius 1 is 1.04 bits per heavy atom. The lowest BCUT2D eigenvalue weighted by atomic mass is 10.0. The molecule has 5 heteroatoms. The number of rotatable bonds is 5. The molecule has 2 heterocycles. The zero-order valence-corrected chi connectivity index (χ0v) is 14.8. The number of para-hydroxylation sites is 1. The Morgan fingerprint density at radius 2 is 1.85 bits per heavy atom. The highest BCUT2D eigenvalue weighted by Gasteiger charge is 2.21. The fraction of sp³-hybridized carbons (Fsp3) is 0.0952. The molecule has 1 amide bonds. The molecule has 1 atom stereocenters. The predicted octanol–water partition coefficient (Wildman–Crippen LogP) is 5.25. The maximum Gasteiger partial charge on any atom is 0.408 e. The second-order valence-corrected chi connectivity index (χ2v) is 6.92. The molecule has 0 aliphatic carbocycles. The van der Waals surface area contributed by atoms with E-state index in [4.69, 9.17) is 4.74 Å². The van der Waals surface area contributed by atoms with E-state index >= 15 is 0 Å². The molecule has 0 saturated carbocycles. The minimum Gasteiger partial charge on any atom is -0.445 e. The number of hydrogen-bond donors (Lipinski definition) is 2. The minimum absolute atomic E-state index is 0.248. The molecule has 0 radical (unpaired) electrons. The number of alkyl carbamates (subject to hydrolysis) is 1. The molecule has 0 aliphatic heterocycles. The SMILES string of the molecule is O=C(NC(c1cccs1)c1c[nH]c2ccccc12)OCc1ccccc1. The van der Waals surface area contributed by atoms with Gasteiger partial charge in [-0.05, 0) is 23.1 Å².